The van der Waals surface area contributed by atoms with E-state index in [-0.39, 0.29) is 23.7 Å². The number of hydrogen-bond donors (Lipinski definition) is 1. The van der Waals surface area contributed by atoms with E-state index in [0.29, 0.717) is 19.3 Å². The second-order valence-corrected chi connectivity index (χ2v) is 6.74. The maximum Gasteiger partial charge on any atom is 0.311 e. The molecule has 4 unspecified atom stereocenters. The highest BCUT2D eigenvalue weighted by atomic mass is 16.4. The molecule has 0 aromatic rings. The standard InChI is InChI=1S/C15H21NO4/c1-15(14(19)20)7-3-2-4-11(15)16-12(17)9-5-6-10(8-9)13(16)18/h9-11H,2-8H2,1H3,(H,19,20). The molecular formula is C15H21NO4. The van der Waals surface area contributed by atoms with Crippen molar-refractivity contribution in [2.45, 2.75) is 57.9 Å². The molecule has 1 saturated heterocycles. The molecule has 1 N–H and O–H groups in total. The summed E-state index contributed by atoms with van der Waals surface area (Å²) in [6.07, 6.45) is 5.14. The third-order valence-corrected chi connectivity index (χ3v) is 5.57. The van der Waals surface area contributed by atoms with E-state index in [1.54, 1.807) is 6.92 Å². The molecule has 4 atom stereocenters. The van der Waals surface area contributed by atoms with Gasteiger partial charge in [0.1, 0.15) is 0 Å². The Morgan fingerprint density at radius 2 is 1.75 bits per heavy atom. The number of carbonyl (C=O) groups is 3. The van der Waals surface area contributed by atoms with E-state index in [4.69, 9.17) is 0 Å². The summed E-state index contributed by atoms with van der Waals surface area (Å²) in [5.74, 6) is -1.25. The quantitative estimate of drug-likeness (QED) is 0.782. The van der Waals surface area contributed by atoms with Crippen LogP contribution in [-0.4, -0.2) is 33.8 Å². The van der Waals surface area contributed by atoms with Crippen LogP contribution in [0.2, 0.25) is 0 Å². The van der Waals surface area contributed by atoms with Crippen molar-refractivity contribution in [3.8, 4) is 0 Å². The number of nitrogens with zero attached hydrogens (tertiary/aromatic N) is 1. The number of hydrogen-bond acceptors (Lipinski definition) is 3. The van der Waals surface area contributed by atoms with Gasteiger partial charge in [0, 0.05) is 11.8 Å². The summed E-state index contributed by atoms with van der Waals surface area (Å²) >= 11 is 0. The number of carbonyl (C=O) groups excluding carboxylic acids is 2. The van der Waals surface area contributed by atoms with E-state index in [1.165, 1.54) is 4.90 Å². The summed E-state index contributed by atoms with van der Waals surface area (Å²) in [7, 11) is 0. The second kappa shape index (κ2) is 4.57. The van der Waals surface area contributed by atoms with Gasteiger partial charge in [-0.2, -0.15) is 0 Å². The Balaban J connectivity index is 1.95. The van der Waals surface area contributed by atoms with Gasteiger partial charge >= 0.3 is 5.97 Å². The van der Waals surface area contributed by atoms with E-state index in [1.807, 2.05) is 0 Å². The van der Waals surface area contributed by atoms with E-state index in [9.17, 15) is 19.5 Å². The maximum atomic E-state index is 12.5. The zero-order chi connectivity index (χ0) is 14.5. The smallest absolute Gasteiger partial charge is 0.311 e. The third kappa shape index (κ3) is 1.79. The van der Waals surface area contributed by atoms with Gasteiger partial charge in [-0.1, -0.05) is 12.8 Å². The maximum absolute atomic E-state index is 12.5. The van der Waals surface area contributed by atoms with E-state index in [2.05, 4.69) is 0 Å². The normalized spacial score (nSPS) is 41.0. The highest BCUT2D eigenvalue weighted by molar-refractivity contribution is 6.01. The molecule has 3 aliphatic rings. The number of piperidine rings is 1. The molecule has 3 fully saturated rings. The predicted octanol–water partition coefficient (Wildman–Crippen LogP) is 1.80. The number of fused-ring (bicyclic) bond motifs is 2. The molecule has 5 heteroatoms. The lowest BCUT2D eigenvalue weighted by Crippen LogP contribution is -2.59. The van der Waals surface area contributed by atoms with Gasteiger partial charge in [-0.3, -0.25) is 19.3 Å². The Morgan fingerprint density at radius 3 is 2.30 bits per heavy atom. The lowest BCUT2D eigenvalue weighted by Gasteiger charge is -2.45. The van der Waals surface area contributed by atoms with Gasteiger partial charge in [0.05, 0.1) is 11.5 Å². The summed E-state index contributed by atoms with van der Waals surface area (Å²) in [5, 5.41) is 9.57. The molecule has 5 nitrogen and oxygen atoms in total. The van der Waals surface area contributed by atoms with E-state index >= 15 is 0 Å². The van der Waals surface area contributed by atoms with Crippen molar-refractivity contribution in [2.75, 3.05) is 0 Å². The highest BCUT2D eigenvalue weighted by Crippen LogP contribution is 2.45. The SMILES string of the molecule is CC1(C(=O)O)CCCCC1N1C(=O)C2CCC(C2)C1=O. The van der Waals surface area contributed by atoms with Crippen LogP contribution in [0.5, 0.6) is 0 Å². The average Bonchev–Trinajstić information content (AvgIpc) is 2.86. The molecule has 2 aliphatic carbocycles. The first kappa shape index (κ1) is 13.6. The van der Waals surface area contributed by atoms with Crippen molar-refractivity contribution >= 4 is 17.8 Å². The molecule has 20 heavy (non-hydrogen) atoms. The zero-order valence-corrected chi connectivity index (χ0v) is 11.8. The van der Waals surface area contributed by atoms with Crippen LogP contribution in [0, 0.1) is 17.3 Å². The number of carboxylic acids is 1. The Kier molecular flexibility index (Phi) is 3.10. The molecule has 0 aromatic heterocycles. The summed E-state index contributed by atoms with van der Waals surface area (Å²) in [4.78, 5) is 38.0. The number of likely N-dealkylation sites (tertiary alicyclic amines) is 1. The van der Waals surface area contributed by atoms with Crippen LogP contribution in [0.1, 0.15) is 51.9 Å². The number of carboxylic acid groups (broad SMARTS) is 1. The molecule has 0 radical (unpaired) electrons. The Hall–Kier alpha value is -1.39. The fraction of sp³-hybridized carbons (Fsp3) is 0.800. The largest absolute Gasteiger partial charge is 0.481 e. The fourth-order valence-corrected chi connectivity index (χ4v) is 4.22. The predicted molar refractivity (Wildman–Crippen MR) is 70.7 cm³/mol. The fourth-order valence-electron chi connectivity index (χ4n) is 4.22. The number of imide groups is 1. The lowest BCUT2D eigenvalue weighted by molar-refractivity contribution is -0.167. The van der Waals surface area contributed by atoms with Crippen molar-refractivity contribution in [3.05, 3.63) is 0 Å². The van der Waals surface area contributed by atoms with Gasteiger partial charge in [0.15, 0.2) is 0 Å². The van der Waals surface area contributed by atoms with Crippen LogP contribution in [0.4, 0.5) is 0 Å². The summed E-state index contributed by atoms with van der Waals surface area (Å²) in [5.41, 5.74) is -0.986. The van der Waals surface area contributed by atoms with Gasteiger partial charge < -0.3 is 5.11 Å². The van der Waals surface area contributed by atoms with Crippen molar-refractivity contribution in [3.63, 3.8) is 0 Å². The average molecular weight is 279 g/mol. The molecule has 0 aromatic carbocycles. The highest BCUT2D eigenvalue weighted by Gasteiger charge is 2.54. The first-order chi connectivity index (χ1) is 9.45. The third-order valence-electron chi connectivity index (χ3n) is 5.57. The van der Waals surface area contributed by atoms with Crippen molar-refractivity contribution in [1.29, 1.82) is 0 Å². The van der Waals surface area contributed by atoms with Crippen LogP contribution < -0.4 is 0 Å². The minimum Gasteiger partial charge on any atom is -0.481 e. The molecule has 2 saturated carbocycles. The monoisotopic (exact) mass is 279 g/mol. The molecule has 2 amide bonds. The number of rotatable bonds is 2. The topological polar surface area (TPSA) is 74.7 Å². The van der Waals surface area contributed by atoms with Gasteiger partial charge in [-0.15, -0.1) is 0 Å². The Morgan fingerprint density at radius 1 is 1.15 bits per heavy atom. The molecular weight excluding hydrogens is 258 g/mol. The van der Waals surface area contributed by atoms with Crippen LogP contribution >= 0.6 is 0 Å². The lowest BCUT2D eigenvalue weighted by atomic mass is 9.70. The van der Waals surface area contributed by atoms with Crippen LogP contribution in [-0.2, 0) is 14.4 Å². The summed E-state index contributed by atoms with van der Waals surface area (Å²) < 4.78 is 0. The van der Waals surface area contributed by atoms with E-state index < -0.39 is 17.4 Å². The minimum absolute atomic E-state index is 0.0577. The Bertz CT molecular complexity index is 452. The van der Waals surface area contributed by atoms with Gasteiger partial charge in [0.25, 0.3) is 0 Å². The van der Waals surface area contributed by atoms with Gasteiger partial charge in [-0.25, -0.2) is 0 Å². The van der Waals surface area contributed by atoms with Crippen molar-refractivity contribution < 1.29 is 19.5 Å². The molecule has 2 bridgehead atoms. The van der Waals surface area contributed by atoms with Crippen LogP contribution in [0.3, 0.4) is 0 Å². The Labute approximate surface area is 118 Å². The first-order valence-corrected chi connectivity index (χ1v) is 7.55. The summed E-state index contributed by atoms with van der Waals surface area (Å²) in [6, 6.07) is -0.461. The number of aliphatic carboxylic acids is 1. The zero-order valence-electron chi connectivity index (χ0n) is 11.8. The second-order valence-electron chi connectivity index (χ2n) is 6.74. The molecule has 0 spiro atoms. The van der Waals surface area contributed by atoms with Crippen molar-refractivity contribution in [1.82, 2.24) is 4.90 Å². The molecule has 110 valence electrons. The van der Waals surface area contributed by atoms with Crippen LogP contribution in [0.25, 0.3) is 0 Å². The molecule has 1 heterocycles. The summed E-state index contributed by atoms with van der Waals surface area (Å²) in [6.45, 7) is 1.69. The molecule has 1 aliphatic heterocycles. The first-order valence-electron chi connectivity index (χ1n) is 7.55. The van der Waals surface area contributed by atoms with Gasteiger partial charge in [0.2, 0.25) is 11.8 Å². The van der Waals surface area contributed by atoms with Crippen molar-refractivity contribution in [2.24, 2.45) is 17.3 Å². The van der Waals surface area contributed by atoms with Gasteiger partial charge in [-0.05, 0) is 39.0 Å². The van der Waals surface area contributed by atoms with Crippen LogP contribution in [0.15, 0.2) is 0 Å². The molecule has 3 rings (SSSR count). The number of amides is 2. The minimum atomic E-state index is -0.986. The van der Waals surface area contributed by atoms with E-state index in [0.717, 1.165) is 25.7 Å².